The van der Waals surface area contributed by atoms with Crippen molar-refractivity contribution in [3.63, 3.8) is 0 Å². The molecule has 1 saturated heterocycles. The predicted octanol–water partition coefficient (Wildman–Crippen LogP) is 2.29. The lowest BCUT2D eigenvalue weighted by atomic mass is 10.0. The van der Waals surface area contributed by atoms with E-state index in [1.807, 2.05) is 7.05 Å². The van der Waals surface area contributed by atoms with Gasteiger partial charge in [0.15, 0.2) is 5.96 Å². The van der Waals surface area contributed by atoms with Crippen molar-refractivity contribution in [2.24, 2.45) is 16.8 Å². The van der Waals surface area contributed by atoms with Crippen LogP contribution in [0.5, 0.6) is 0 Å². The lowest BCUT2D eigenvalue weighted by molar-refractivity contribution is 0.0131. The standard InChI is InChI=1S/C19H38N4O2.HI/c1-16(2)13-18(23-8-11-24-12-9-23)14-21-19(20-3)22(4)7-10-25-15-17-5-6-17;/h16-18H,5-15H2,1-4H3,(H,20,21);1H. The average molecular weight is 482 g/mol. The van der Waals surface area contributed by atoms with E-state index in [0.29, 0.717) is 12.0 Å². The predicted molar refractivity (Wildman–Crippen MR) is 119 cm³/mol. The van der Waals surface area contributed by atoms with Gasteiger partial charge in [0.25, 0.3) is 0 Å². The minimum atomic E-state index is 0. The van der Waals surface area contributed by atoms with Crippen molar-refractivity contribution in [2.45, 2.75) is 39.2 Å². The molecule has 0 spiro atoms. The minimum Gasteiger partial charge on any atom is -0.379 e. The minimum absolute atomic E-state index is 0. The number of halogens is 1. The molecule has 0 aromatic carbocycles. The summed E-state index contributed by atoms with van der Waals surface area (Å²) in [6.45, 7) is 11.8. The Morgan fingerprint density at radius 3 is 2.58 bits per heavy atom. The maximum atomic E-state index is 5.75. The van der Waals surface area contributed by atoms with Crippen molar-refractivity contribution in [3.8, 4) is 0 Å². The molecule has 26 heavy (non-hydrogen) atoms. The number of hydrogen-bond donors (Lipinski definition) is 1. The van der Waals surface area contributed by atoms with E-state index >= 15 is 0 Å². The normalized spacial score (nSPS) is 20.0. The summed E-state index contributed by atoms with van der Waals surface area (Å²) in [5.41, 5.74) is 0. The van der Waals surface area contributed by atoms with Crippen LogP contribution in [-0.4, -0.2) is 88.5 Å². The second kappa shape index (κ2) is 13.1. The van der Waals surface area contributed by atoms with Gasteiger partial charge in [-0.15, -0.1) is 24.0 Å². The molecule has 0 aromatic rings. The van der Waals surface area contributed by atoms with Crippen LogP contribution in [-0.2, 0) is 9.47 Å². The molecule has 2 fully saturated rings. The Kier molecular flexibility index (Phi) is 12.1. The van der Waals surface area contributed by atoms with E-state index in [0.717, 1.165) is 64.5 Å². The molecule has 1 aliphatic carbocycles. The lowest BCUT2D eigenvalue weighted by Gasteiger charge is -2.36. The monoisotopic (exact) mass is 482 g/mol. The van der Waals surface area contributed by atoms with E-state index in [1.165, 1.54) is 19.3 Å². The Morgan fingerprint density at radius 2 is 2.00 bits per heavy atom. The third-order valence-electron chi connectivity index (χ3n) is 5.00. The fourth-order valence-corrected chi connectivity index (χ4v) is 3.28. The Balaban J connectivity index is 0.00000338. The van der Waals surface area contributed by atoms with Crippen LogP contribution in [0.1, 0.15) is 33.1 Å². The van der Waals surface area contributed by atoms with Crippen molar-refractivity contribution in [1.29, 1.82) is 0 Å². The number of hydrogen-bond acceptors (Lipinski definition) is 4. The Hall–Kier alpha value is -0.120. The first kappa shape index (κ1) is 23.9. The number of nitrogens with zero attached hydrogens (tertiary/aromatic N) is 3. The highest BCUT2D eigenvalue weighted by atomic mass is 127. The summed E-state index contributed by atoms with van der Waals surface area (Å²) < 4.78 is 11.3. The largest absolute Gasteiger partial charge is 0.379 e. The summed E-state index contributed by atoms with van der Waals surface area (Å²) in [7, 11) is 3.94. The van der Waals surface area contributed by atoms with Crippen LogP contribution in [0.25, 0.3) is 0 Å². The number of aliphatic imine (C=N–C) groups is 1. The third-order valence-corrected chi connectivity index (χ3v) is 5.00. The van der Waals surface area contributed by atoms with Crippen LogP contribution in [0.15, 0.2) is 4.99 Å². The van der Waals surface area contributed by atoms with Crippen molar-refractivity contribution < 1.29 is 9.47 Å². The molecule has 0 aromatic heterocycles. The third kappa shape index (κ3) is 9.19. The molecule has 1 atom stereocenters. The maximum absolute atomic E-state index is 5.75. The zero-order valence-corrected chi connectivity index (χ0v) is 19.4. The quantitative estimate of drug-likeness (QED) is 0.224. The van der Waals surface area contributed by atoms with Crippen molar-refractivity contribution in [1.82, 2.24) is 15.1 Å². The highest BCUT2D eigenvalue weighted by molar-refractivity contribution is 14.0. The van der Waals surface area contributed by atoms with Crippen LogP contribution in [0, 0.1) is 11.8 Å². The second-order valence-corrected chi connectivity index (χ2v) is 7.80. The van der Waals surface area contributed by atoms with Gasteiger partial charge >= 0.3 is 0 Å². The summed E-state index contributed by atoms with van der Waals surface area (Å²) in [6, 6.07) is 0.528. The van der Waals surface area contributed by atoms with Gasteiger partial charge in [-0.25, -0.2) is 0 Å². The lowest BCUT2D eigenvalue weighted by Crippen LogP contribution is -2.51. The molecule has 1 aliphatic heterocycles. The first-order valence-electron chi connectivity index (χ1n) is 9.91. The van der Waals surface area contributed by atoms with Gasteiger partial charge in [-0.3, -0.25) is 9.89 Å². The van der Waals surface area contributed by atoms with Crippen LogP contribution < -0.4 is 5.32 Å². The number of morpholine rings is 1. The molecule has 1 N–H and O–H groups in total. The molecular formula is C19H39IN4O2. The number of guanidine groups is 1. The molecule has 154 valence electrons. The van der Waals surface area contributed by atoms with Gasteiger partial charge in [0.1, 0.15) is 0 Å². The summed E-state index contributed by atoms with van der Waals surface area (Å²) in [4.78, 5) is 9.17. The van der Waals surface area contributed by atoms with E-state index in [1.54, 1.807) is 0 Å². The van der Waals surface area contributed by atoms with Crippen molar-refractivity contribution in [3.05, 3.63) is 0 Å². The molecule has 6 nitrogen and oxygen atoms in total. The zero-order chi connectivity index (χ0) is 18.1. The summed E-state index contributed by atoms with van der Waals surface area (Å²) in [5.74, 6) is 2.47. The molecule has 1 heterocycles. The molecule has 2 aliphatic rings. The van der Waals surface area contributed by atoms with E-state index in [2.05, 4.69) is 41.0 Å². The van der Waals surface area contributed by atoms with Gasteiger partial charge in [-0.1, -0.05) is 13.8 Å². The first-order valence-corrected chi connectivity index (χ1v) is 9.91. The molecular weight excluding hydrogens is 443 g/mol. The SMILES string of the molecule is CN=C(NCC(CC(C)C)N1CCOCC1)N(C)CCOCC1CC1.I. The van der Waals surface area contributed by atoms with Gasteiger partial charge in [0, 0.05) is 52.9 Å². The van der Waals surface area contributed by atoms with Crippen LogP contribution in [0.3, 0.4) is 0 Å². The van der Waals surface area contributed by atoms with Gasteiger partial charge < -0.3 is 19.7 Å². The van der Waals surface area contributed by atoms with Gasteiger partial charge in [0.2, 0.25) is 0 Å². The molecule has 0 radical (unpaired) electrons. The number of likely N-dealkylation sites (N-methyl/N-ethyl adjacent to an activating group) is 1. The number of ether oxygens (including phenoxy) is 2. The maximum Gasteiger partial charge on any atom is 0.193 e. The Bertz CT molecular complexity index is 399. The zero-order valence-electron chi connectivity index (χ0n) is 17.1. The molecule has 0 bridgehead atoms. The van der Waals surface area contributed by atoms with E-state index in [4.69, 9.17) is 9.47 Å². The number of nitrogens with one attached hydrogen (secondary N) is 1. The van der Waals surface area contributed by atoms with Crippen LogP contribution >= 0.6 is 24.0 Å². The van der Waals surface area contributed by atoms with Crippen molar-refractivity contribution >= 4 is 29.9 Å². The highest BCUT2D eigenvalue weighted by Crippen LogP contribution is 2.28. The highest BCUT2D eigenvalue weighted by Gasteiger charge is 2.23. The van der Waals surface area contributed by atoms with Gasteiger partial charge in [0.05, 0.1) is 19.8 Å². The average Bonchev–Trinajstić information content (AvgIpc) is 3.43. The van der Waals surface area contributed by atoms with E-state index < -0.39 is 0 Å². The van der Waals surface area contributed by atoms with E-state index in [9.17, 15) is 0 Å². The topological polar surface area (TPSA) is 49.3 Å². The second-order valence-electron chi connectivity index (χ2n) is 7.80. The first-order chi connectivity index (χ1) is 12.1. The molecule has 1 saturated carbocycles. The number of rotatable bonds is 10. The van der Waals surface area contributed by atoms with Crippen LogP contribution in [0.2, 0.25) is 0 Å². The van der Waals surface area contributed by atoms with Gasteiger partial charge in [-0.2, -0.15) is 0 Å². The fourth-order valence-electron chi connectivity index (χ4n) is 3.28. The smallest absolute Gasteiger partial charge is 0.193 e. The summed E-state index contributed by atoms with van der Waals surface area (Å²) >= 11 is 0. The Morgan fingerprint density at radius 1 is 1.31 bits per heavy atom. The fraction of sp³-hybridized carbons (Fsp3) is 0.947. The van der Waals surface area contributed by atoms with Gasteiger partial charge in [-0.05, 0) is 31.1 Å². The summed E-state index contributed by atoms with van der Waals surface area (Å²) in [5, 5.41) is 3.57. The molecule has 0 amide bonds. The molecule has 2 rings (SSSR count). The molecule has 1 unspecified atom stereocenters. The van der Waals surface area contributed by atoms with Crippen molar-refractivity contribution in [2.75, 3.05) is 66.7 Å². The Labute approximate surface area is 177 Å². The van der Waals surface area contributed by atoms with E-state index in [-0.39, 0.29) is 24.0 Å². The summed E-state index contributed by atoms with van der Waals surface area (Å²) in [6.07, 6.45) is 3.88. The molecule has 7 heteroatoms. The van der Waals surface area contributed by atoms with Crippen LogP contribution in [0.4, 0.5) is 0 Å².